The Bertz CT molecular complexity index is 655. The molecule has 1 heterocycles. The lowest BCUT2D eigenvalue weighted by atomic mass is 10.2. The van der Waals surface area contributed by atoms with Gasteiger partial charge in [-0.05, 0) is 37.6 Å². The summed E-state index contributed by atoms with van der Waals surface area (Å²) in [6, 6.07) is 7.65. The summed E-state index contributed by atoms with van der Waals surface area (Å²) in [7, 11) is 3.54. The number of hydrogen-bond acceptors (Lipinski definition) is 5. The average Bonchev–Trinajstić information content (AvgIpc) is 2.93. The van der Waals surface area contributed by atoms with Gasteiger partial charge in [0.15, 0.2) is 11.0 Å². The second kappa shape index (κ2) is 8.01. The van der Waals surface area contributed by atoms with Crippen LogP contribution in [0.15, 0.2) is 29.4 Å². The fraction of sp³-hybridized carbons (Fsp3) is 0.438. The molecule has 0 spiro atoms. The van der Waals surface area contributed by atoms with Crippen molar-refractivity contribution < 1.29 is 9.53 Å². The van der Waals surface area contributed by atoms with Gasteiger partial charge in [-0.1, -0.05) is 18.7 Å². The summed E-state index contributed by atoms with van der Waals surface area (Å²) in [5.74, 6) is 1.58. The Morgan fingerprint density at radius 3 is 2.65 bits per heavy atom. The number of nitrogens with zero attached hydrogens (tertiary/aromatic N) is 3. The molecule has 7 heteroatoms. The molecule has 1 atom stereocenters. The monoisotopic (exact) mass is 334 g/mol. The third-order valence-corrected chi connectivity index (χ3v) is 4.52. The third-order valence-electron chi connectivity index (χ3n) is 3.38. The molecular weight excluding hydrogens is 312 g/mol. The molecule has 0 aliphatic carbocycles. The van der Waals surface area contributed by atoms with Crippen LogP contribution in [0.1, 0.15) is 20.3 Å². The van der Waals surface area contributed by atoms with Crippen molar-refractivity contribution in [1.29, 1.82) is 0 Å². The number of rotatable bonds is 7. The number of carbonyl (C=O) groups excluding carboxylic acids is 1. The van der Waals surface area contributed by atoms with E-state index in [4.69, 9.17) is 4.74 Å². The molecule has 0 aliphatic heterocycles. The quantitative estimate of drug-likeness (QED) is 0.788. The van der Waals surface area contributed by atoms with Crippen molar-refractivity contribution in [3.05, 3.63) is 24.3 Å². The van der Waals surface area contributed by atoms with E-state index >= 15 is 0 Å². The fourth-order valence-corrected chi connectivity index (χ4v) is 2.85. The molecule has 0 radical (unpaired) electrons. The van der Waals surface area contributed by atoms with Crippen molar-refractivity contribution in [3.8, 4) is 17.1 Å². The summed E-state index contributed by atoms with van der Waals surface area (Å²) in [6.07, 6.45) is 0.925. The first kappa shape index (κ1) is 17.3. The maximum absolute atomic E-state index is 12.0. The molecule has 0 unspecified atom stereocenters. The number of amides is 1. The van der Waals surface area contributed by atoms with Crippen molar-refractivity contribution in [2.45, 2.75) is 30.7 Å². The number of ether oxygens (including phenoxy) is 1. The Balaban J connectivity index is 2.10. The molecular formula is C16H22N4O2S. The summed E-state index contributed by atoms with van der Waals surface area (Å²) in [4.78, 5) is 12.0. The highest BCUT2D eigenvalue weighted by Gasteiger charge is 2.18. The first-order chi connectivity index (χ1) is 11.1. The molecule has 124 valence electrons. The van der Waals surface area contributed by atoms with Gasteiger partial charge in [0.05, 0.1) is 12.4 Å². The Morgan fingerprint density at radius 2 is 2.04 bits per heavy atom. The normalized spacial score (nSPS) is 12.0. The second-order valence-electron chi connectivity index (χ2n) is 5.14. The maximum atomic E-state index is 12.0. The van der Waals surface area contributed by atoms with E-state index in [1.807, 2.05) is 49.7 Å². The predicted octanol–water partition coefficient (Wildman–Crippen LogP) is 2.50. The lowest BCUT2D eigenvalue weighted by Gasteiger charge is -2.11. The van der Waals surface area contributed by atoms with Crippen molar-refractivity contribution >= 4 is 17.7 Å². The average molecular weight is 334 g/mol. The number of carbonyl (C=O) groups is 1. The Kier molecular flexibility index (Phi) is 6.04. The number of benzene rings is 1. The van der Waals surface area contributed by atoms with Gasteiger partial charge in [0.25, 0.3) is 0 Å². The predicted molar refractivity (Wildman–Crippen MR) is 91.6 cm³/mol. The van der Waals surface area contributed by atoms with E-state index in [0.29, 0.717) is 6.54 Å². The van der Waals surface area contributed by atoms with Gasteiger partial charge in [0.1, 0.15) is 5.75 Å². The number of methoxy groups -OCH3 is 1. The zero-order valence-electron chi connectivity index (χ0n) is 13.9. The lowest BCUT2D eigenvalue weighted by molar-refractivity contribution is -0.120. The van der Waals surface area contributed by atoms with Crippen LogP contribution in [0.3, 0.4) is 0 Å². The highest BCUT2D eigenvalue weighted by Crippen LogP contribution is 2.26. The molecule has 0 saturated heterocycles. The van der Waals surface area contributed by atoms with Crippen molar-refractivity contribution in [1.82, 2.24) is 20.1 Å². The zero-order chi connectivity index (χ0) is 16.8. The van der Waals surface area contributed by atoms with E-state index in [1.165, 1.54) is 11.8 Å². The first-order valence-electron chi connectivity index (χ1n) is 7.55. The van der Waals surface area contributed by atoms with Crippen LogP contribution in [-0.2, 0) is 11.8 Å². The largest absolute Gasteiger partial charge is 0.497 e. The number of nitrogens with one attached hydrogen (secondary N) is 1. The van der Waals surface area contributed by atoms with Gasteiger partial charge in [0, 0.05) is 19.2 Å². The van der Waals surface area contributed by atoms with Crippen LogP contribution in [0, 0.1) is 0 Å². The van der Waals surface area contributed by atoms with E-state index in [2.05, 4.69) is 15.5 Å². The summed E-state index contributed by atoms with van der Waals surface area (Å²) in [6.45, 7) is 4.60. The van der Waals surface area contributed by atoms with Crippen LogP contribution in [0.2, 0.25) is 0 Å². The van der Waals surface area contributed by atoms with E-state index in [0.717, 1.165) is 28.7 Å². The smallest absolute Gasteiger partial charge is 0.233 e. The lowest BCUT2D eigenvalue weighted by Crippen LogP contribution is -2.31. The zero-order valence-corrected chi connectivity index (χ0v) is 14.7. The molecule has 1 N–H and O–H groups in total. The molecule has 1 amide bonds. The fourth-order valence-electron chi connectivity index (χ4n) is 2.01. The van der Waals surface area contributed by atoms with Crippen LogP contribution in [0.5, 0.6) is 5.75 Å². The SMILES string of the molecule is CCCNC(=O)[C@H](C)Sc1nnc(-c2ccc(OC)cc2)n1C. The highest BCUT2D eigenvalue weighted by atomic mass is 32.2. The first-order valence-corrected chi connectivity index (χ1v) is 8.43. The van der Waals surface area contributed by atoms with E-state index in [-0.39, 0.29) is 11.2 Å². The van der Waals surface area contributed by atoms with Crippen LogP contribution in [0.4, 0.5) is 0 Å². The van der Waals surface area contributed by atoms with Crippen LogP contribution in [0.25, 0.3) is 11.4 Å². The second-order valence-corrected chi connectivity index (χ2v) is 6.45. The molecule has 0 bridgehead atoms. The Labute approximate surface area is 140 Å². The molecule has 0 aliphatic rings. The van der Waals surface area contributed by atoms with Crippen molar-refractivity contribution in [3.63, 3.8) is 0 Å². The summed E-state index contributed by atoms with van der Waals surface area (Å²) in [5, 5.41) is 11.8. The van der Waals surface area contributed by atoms with Gasteiger partial charge in [-0.3, -0.25) is 4.79 Å². The van der Waals surface area contributed by atoms with Crippen LogP contribution >= 0.6 is 11.8 Å². The molecule has 2 aromatic rings. The molecule has 0 saturated carbocycles. The number of aromatic nitrogens is 3. The third kappa shape index (κ3) is 4.25. The van der Waals surface area contributed by atoms with Crippen LogP contribution < -0.4 is 10.1 Å². The molecule has 6 nitrogen and oxygen atoms in total. The minimum atomic E-state index is -0.215. The molecule has 1 aromatic heterocycles. The topological polar surface area (TPSA) is 69.0 Å². The van der Waals surface area contributed by atoms with E-state index in [1.54, 1.807) is 7.11 Å². The summed E-state index contributed by atoms with van der Waals surface area (Å²) >= 11 is 1.40. The Hall–Kier alpha value is -2.02. The van der Waals surface area contributed by atoms with Gasteiger partial charge in [-0.2, -0.15) is 0 Å². The molecule has 2 rings (SSSR count). The summed E-state index contributed by atoms with van der Waals surface area (Å²) in [5.41, 5.74) is 0.954. The minimum absolute atomic E-state index is 0.0193. The van der Waals surface area contributed by atoms with Crippen molar-refractivity contribution in [2.75, 3.05) is 13.7 Å². The van der Waals surface area contributed by atoms with Gasteiger partial charge < -0.3 is 14.6 Å². The Morgan fingerprint density at radius 1 is 1.35 bits per heavy atom. The van der Waals surface area contributed by atoms with Gasteiger partial charge in [-0.15, -0.1) is 10.2 Å². The molecule has 23 heavy (non-hydrogen) atoms. The number of hydrogen-bond donors (Lipinski definition) is 1. The number of thioether (sulfide) groups is 1. The summed E-state index contributed by atoms with van der Waals surface area (Å²) < 4.78 is 7.06. The standard InChI is InChI=1S/C16H22N4O2S/c1-5-10-17-15(21)11(2)23-16-19-18-14(20(16)3)12-6-8-13(22-4)9-7-12/h6-9,11H,5,10H2,1-4H3,(H,17,21)/t11-/m0/s1. The van der Waals surface area contributed by atoms with E-state index in [9.17, 15) is 4.79 Å². The van der Waals surface area contributed by atoms with Crippen LogP contribution in [-0.4, -0.2) is 39.6 Å². The van der Waals surface area contributed by atoms with Gasteiger partial charge in [-0.25, -0.2) is 0 Å². The van der Waals surface area contributed by atoms with Gasteiger partial charge in [0.2, 0.25) is 5.91 Å². The van der Waals surface area contributed by atoms with E-state index < -0.39 is 0 Å². The molecule has 0 fully saturated rings. The molecule has 1 aromatic carbocycles. The maximum Gasteiger partial charge on any atom is 0.233 e. The van der Waals surface area contributed by atoms with Crippen molar-refractivity contribution in [2.24, 2.45) is 7.05 Å². The minimum Gasteiger partial charge on any atom is -0.497 e. The van der Waals surface area contributed by atoms with Gasteiger partial charge >= 0.3 is 0 Å². The highest BCUT2D eigenvalue weighted by molar-refractivity contribution is 8.00.